The molecule has 0 bridgehead atoms. The van der Waals surface area contributed by atoms with E-state index in [0.717, 1.165) is 7.11 Å². The summed E-state index contributed by atoms with van der Waals surface area (Å²) in [5.41, 5.74) is 0. The first-order valence-corrected chi connectivity index (χ1v) is 4.69. The highest BCUT2D eigenvalue weighted by Crippen LogP contribution is 2.00. The van der Waals surface area contributed by atoms with Crippen molar-refractivity contribution >= 4 is 29.4 Å². The summed E-state index contributed by atoms with van der Waals surface area (Å²) in [6, 6.07) is -0.961. The Morgan fingerprint density at radius 1 is 1.47 bits per heavy atom. The summed E-state index contributed by atoms with van der Waals surface area (Å²) in [7, 11) is 1.16. The molecule has 0 saturated carbocycles. The van der Waals surface area contributed by atoms with Gasteiger partial charge in [0, 0.05) is 6.42 Å². The first kappa shape index (κ1) is 13.7. The second-order valence-corrected chi connectivity index (χ2v) is 2.98. The number of aliphatic carboxylic acids is 1. The van der Waals surface area contributed by atoms with Gasteiger partial charge in [-0.15, -0.1) is 11.6 Å². The summed E-state index contributed by atoms with van der Waals surface area (Å²) >= 11 is 5.23. The van der Waals surface area contributed by atoms with E-state index in [0.29, 0.717) is 0 Å². The van der Waals surface area contributed by atoms with Crippen LogP contribution in [0.3, 0.4) is 0 Å². The van der Waals surface area contributed by atoms with E-state index in [-0.39, 0.29) is 18.7 Å². The Morgan fingerprint density at radius 2 is 2.07 bits per heavy atom. The number of amides is 1. The Balaban J connectivity index is 4.24. The number of halogens is 1. The largest absolute Gasteiger partial charge is 0.481 e. The van der Waals surface area contributed by atoms with Crippen molar-refractivity contribution in [2.75, 3.05) is 13.0 Å². The van der Waals surface area contributed by atoms with Gasteiger partial charge in [-0.2, -0.15) is 0 Å². The lowest BCUT2D eigenvalue weighted by Gasteiger charge is -2.14. The molecule has 0 saturated heterocycles. The van der Waals surface area contributed by atoms with Crippen LogP contribution in [0.1, 0.15) is 12.8 Å². The molecule has 1 atom stereocenters. The molecule has 0 rings (SSSR count). The highest BCUT2D eigenvalue weighted by molar-refractivity contribution is 6.27. The normalized spacial score (nSPS) is 11.6. The molecule has 6 nitrogen and oxygen atoms in total. The highest BCUT2D eigenvalue weighted by Gasteiger charge is 2.21. The van der Waals surface area contributed by atoms with E-state index in [9.17, 15) is 14.4 Å². The molecule has 0 aromatic heterocycles. The van der Waals surface area contributed by atoms with E-state index in [2.05, 4.69) is 10.1 Å². The lowest BCUT2D eigenvalue weighted by molar-refractivity contribution is -0.145. The number of carboxylic acid groups (broad SMARTS) is 1. The minimum absolute atomic E-state index is 0.0232. The standard InChI is InChI=1S/C8H12ClNO5/c1-15-8(14)5(2-3-7(12)13)10-6(11)4-9/h5H,2-4H2,1H3,(H,10,11)(H,12,13)/t5-/m0/s1. The maximum Gasteiger partial charge on any atom is 0.328 e. The summed E-state index contributed by atoms with van der Waals surface area (Å²) in [6.07, 6.45) is -0.257. The predicted molar refractivity (Wildman–Crippen MR) is 51.5 cm³/mol. The van der Waals surface area contributed by atoms with Crippen LogP contribution in [0, 0.1) is 0 Å². The SMILES string of the molecule is COC(=O)[C@H](CCC(=O)O)NC(=O)CCl. The zero-order chi connectivity index (χ0) is 11.8. The van der Waals surface area contributed by atoms with Gasteiger partial charge in [-0.25, -0.2) is 4.79 Å². The van der Waals surface area contributed by atoms with E-state index in [1.807, 2.05) is 0 Å². The van der Waals surface area contributed by atoms with Gasteiger partial charge in [0.05, 0.1) is 7.11 Å². The maximum absolute atomic E-state index is 11.1. The lowest BCUT2D eigenvalue weighted by atomic mass is 10.1. The number of hydrogen-bond acceptors (Lipinski definition) is 4. The Morgan fingerprint density at radius 3 is 2.47 bits per heavy atom. The molecule has 0 aromatic rings. The molecule has 0 aliphatic carbocycles. The van der Waals surface area contributed by atoms with Crippen LogP contribution in [0.2, 0.25) is 0 Å². The number of ether oxygens (including phenoxy) is 1. The van der Waals surface area contributed by atoms with Gasteiger partial charge in [-0.3, -0.25) is 9.59 Å². The van der Waals surface area contributed by atoms with E-state index in [1.165, 1.54) is 0 Å². The van der Waals surface area contributed by atoms with Gasteiger partial charge in [0.1, 0.15) is 11.9 Å². The van der Waals surface area contributed by atoms with Crippen molar-refractivity contribution in [1.82, 2.24) is 5.32 Å². The van der Waals surface area contributed by atoms with Gasteiger partial charge < -0.3 is 15.2 Å². The van der Waals surface area contributed by atoms with Crippen LogP contribution in [-0.4, -0.2) is 42.0 Å². The molecule has 15 heavy (non-hydrogen) atoms. The number of carbonyl (C=O) groups excluding carboxylic acids is 2. The molecule has 7 heteroatoms. The number of esters is 1. The number of carboxylic acids is 1. The summed E-state index contributed by atoms with van der Waals surface area (Å²) in [4.78, 5) is 32.3. The zero-order valence-corrected chi connectivity index (χ0v) is 8.91. The summed E-state index contributed by atoms with van der Waals surface area (Å²) in [6.45, 7) is 0. The molecule has 2 N–H and O–H groups in total. The molecule has 0 fully saturated rings. The number of hydrogen-bond donors (Lipinski definition) is 2. The number of methoxy groups -OCH3 is 1. The zero-order valence-electron chi connectivity index (χ0n) is 8.16. The molecule has 0 heterocycles. The molecular formula is C8H12ClNO5. The molecule has 0 spiro atoms. The number of alkyl halides is 1. The van der Waals surface area contributed by atoms with Gasteiger partial charge >= 0.3 is 11.9 Å². The molecular weight excluding hydrogens is 226 g/mol. The van der Waals surface area contributed by atoms with E-state index in [1.54, 1.807) is 0 Å². The second-order valence-electron chi connectivity index (χ2n) is 2.71. The fourth-order valence-corrected chi connectivity index (χ4v) is 0.969. The second kappa shape index (κ2) is 7.05. The third-order valence-corrected chi connectivity index (χ3v) is 1.83. The summed E-state index contributed by atoms with van der Waals surface area (Å²) in [5.74, 6) is -2.57. The fraction of sp³-hybridized carbons (Fsp3) is 0.625. The van der Waals surface area contributed by atoms with E-state index >= 15 is 0 Å². The number of rotatable bonds is 6. The van der Waals surface area contributed by atoms with Crippen molar-refractivity contribution in [3.63, 3.8) is 0 Å². The molecule has 0 radical (unpaired) electrons. The van der Waals surface area contributed by atoms with Crippen LogP contribution >= 0.6 is 11.6 Å². The van der Waals surface area contributed by atoms with Crippen molar-refractivity contribution in [3.05, 3.63) is 0 Å². The topological polar surface area (TPSA) is 92.7 Å². The Kier molecular flexibility index (Phi) is 6.44. The van der Waals surface area contributed by atoms with E-state index < -0.39 is 23.9 Å². The van der Waals surface area contributed by atoms with Crippen LogP contribution in [-0.2, 0) is 19.1 Å². The van der Waals surface area contributed by atoms with Crippen molar-refractivity contribution in [2.45, 2.75) is 18.9 Å². The minimum Gasteiger partial charge on any atom is -0.481 e. The van der Waals surface area contributed by atoms with Gasteiger partial charge in [-0.1, -0.05) is 0 Å². The van der Waals surface area contributed by atoms with Crippen LogP contribution in [0.5, 0.6) is 0 Å². The smallest absolute Gasteiger partial charge is 0.328 e. The van der Waals surface area contributed by atoms with Crippen LogP contribution in [0.4, 0.5) is 0 Å². The van der Waals surface area contributed by atoms with Gasteiger partial charge in [0.25, 0.3) is 0 Å². The Labute approximate surface area is 91.5 Å². The highest BCUT2D eigenvalue weighted by atomic mass is 35.5. The molecule has 0 aromatic carbocycles. The Bertz CT molecular complexity index is 255. The Hall–Kier alpha value is -1.30. The average molecular weight is 238 g/mol. The van der Waals surface area contributed by atoms with Gasteiger partial charge in [0.15, 0.2) is 0 Å². The third kappa shape index (κ3) is 5.90. The monoisotopic (exact) mass is 237 g/mol. The minimum atomic E-state index is -1.05. The van der Waals surface area contributed by atoms with Crippen LogP contribution in [0.15, 0.2) is 0 Å². The van der Waals surface area contributed by atoms with E-state index in [4.69, 9.17) is 16.7 Å². The first-order chi connectivity index (χ1) is 7.01. The van der Waals surface area contributed by atoms with Gasteiger partial charge in [0.2, 0.25) is 5.91 Å². The quantitative estimate of drug-likeness (QED) is 0.491. The predicted octanol–water partition coefficient (Wildman–Crippen LogP) is -0.252. The average Bonchev–Trinajstić information content (AvgIpc) is 2.22. The maximum atomic E-state index is 11.1. The molecule has 0 aliphatic rings. The summed E-state index contributed by atoms with van der Waals surface area (Å²) in [5, 5.41) is 10.7. The van der Waals surface area contributed by atoms with Crippen molar-refractivity contribution in [2.24, 2.45) is 0 Å². The number of nitrogens with one attached hydrogen (secondary N) is 1. The third-order valence-electron chi connectivity index (χ3n) is 1.59. The first-order valence-electron chi connectivity index (χ1n) is 4.16. The van der Waals surface area contributed by atoms with Crippen molar-refractivity contribution in [3.8, 4) is 0 Å². The van der Waals surface area contributed by atoms with Crippen molar-refractivity contribution in [1.29, 1.82) is 0 Å². The van der Waals surface area contributed by atoms with Crippen LogP contribution in [0.25, 0.3) is 0 Å². The molecule has 86 valence electrons. The van der Waals surface area contributed by atoms with Crippen LogP contribution < -0.4 is 5.32 Å². The molecule has 0 unspecified atom stereocenters. The molecule has 0 aliphatic heterocycles. The van der Waals surface area contributed by atoms with Gasteiger partial charge in [-0.05, 0) is 6.42 Å². The summed E-state index contributed by atoms with van der Waals surface area (Å²) < 4.78 is 4.40. The molecule has 1 amide bonds. The fourth-order valence-electron chi connectivity index (χ4n) is 0.892. The van der Waals surface area contributed by atoms with Crippen molar-refractivity contribution < 1.29 is 24.2 Å². The lowest BCUT2D eigenvalue weighted by Crippen LogP contribution is -2.42. The number of carbonyl (C=O) groups is 3.